The number of aromatic amines is 1. The molecule has 1 aromatic heterocycles. The number of aryl methyl sites for hydroxylation is 1. The van der Waals surface area contributed by atoms with Gasteiger partial charge in [0.05, 0.1) is 19.0 Å². The van der Waals surface area contributed by atoms with Gasteiger partial charge in [0.2, 0.25) is 29.5 Å². The first-order valence-electron chi connectivity index (χ1n) is 17.4. The van der Waals surface area contributed by atoms with Crippen LogP contribution in [0.2, 0.25) is 0 Å². The first-order valence-corrected chi connectivity index (χ1v) is 19.0. The van der Waals surface area contributed by atoms with Crippen LogP contribution < -0.4 is 27.0 Å². The van der Waals surface area contributed by atoms with Crippen LogP contribution in [0.1, 0.15) is 83.4 Å². The van der Waals surface area contributed by atoms with Crippen LogP contribution >= 0.6 is 7.82 Å². The highest BCUT2D eigenvalue weighted by Gasteiger charge is 2.35. The molecule has 290 valence electrons. The van der Waals surface area contributed by atoms with Gasteiger partial charge < -0.3 is 46.9 Å². The molecule has 5 amide bonds. The highest BCUT2D eigenvalue weighted by Crippen LogP contribution is 2.38. The van der Waals surface area contributed by atoms with Gasteiger partial charge >= 0.3 is 7.82 Å². The van der Waals surface area contributed by atoms with E-state index in [0.29, 0.717) is 12.1 Å². The van der Waals surface area contributed by atoms with Gasteiger partial charge in [-0.2, -0.15) is 0 Å². The summed E-state index contributed by atoms with van der Waals surface area (Å²) in [6.45, 7) is 3.89. The van der Waals surface area contributed by atoms with Crippen LogP contribution in [-0.4, -0.2) is 91.3 Å². The fraction of sp³-hybridized carbons (Fsp3) is 0.588. The number of aliphatic hydroxyl groups excluding tert-OH is 1. The summed E-state index contributed by atoms with van der Waals surface area (Å²) in [7, 11) is -5.07. The van der Waals surface area contributed by atoms with Crippen molar-refractivity contribution in [3.8, 4) is 0 Å². The molecule has 2 aromatic rings. The molecule has 5 atom stereocenters. The summed E-state index contributed by atoms with van der Waals surface area (Å²) in [4.78, 5) is 89.7. The Balaban J connectivity index is 2.00. The molecule has 52 heavy (non-hydrogen) atoms. The van der Waals surface area contributed by atoms with E-state index in [1.165, 1.54) is 18.1 Å². The van der Waals surface area contributed by atoms with Gasteiger partial charge in [0.1, 0.15) is 24.2 Å². The first kappa shape index (κ1) is 44.0. The Morgan fingerprint density at radius 2 is 1.44 bits per heavy atom. The molecule has 0 saturated heterocycles. The fourth-order valence-electron chi connectivity index (χ4n) is 5.45. The molecule has 0 unspecified atom stereocenters. The van der Waals surface area contributed by atoms with E-state index in [2.05, 4.69) is 47.9 Å². The van der Waals surface area contributed by atoms with Crippen LogP contribution in [0.5, 0.6) is 0 Å². The van der Waals surface area contributed by atoms with Crippen molar-refractivity contribution in [2.24, 2.45) is 11.7 Å². The predicted octanol–water partition coefficient (Wildman–Crippen LogP) is 0.886. The zero-order valence-corrected chi connectivity index (χ0v) is 30.8. The van der Waals surface area contributed by atoms with Gasteiger partial charge in [0.25, 0.3) is 0 Å². The van der Waals surface area contributed by atoms with E-state index < -0.39 is 68.3 Å². The maximum atomic E-state index is 13.5. The average molecular weight is 752 g/mol. The number of nitrogens with zero attached hydrogens (tertiary/aromatic N) is 1. The molecule has 0 aliphatic carbocycles. The van der Waals surface area contributed by atoms with Gasteiger partial charge in [-0.15, -0.1) is 0 Å². The quantitative estimate of drug-likeness (QED) is 0.0508. The van der Waals surface area contributed by atoms with Crippen molar-refractivity contribution < 1.29 is 48.0 Å². The van der Waals surface area contributed by atoms with Crippen LogP contribution in [0.15, 0.2) is 42.9 Å². The fourth-order valence-corrected chi connectivity index (χ4v) is 6.01. The number of carbonyl (C=O) groups is 5. The number of phosphoric acid groups is 1. The van der Waals surface area contributed by atoms with Crippen molar-refractivity contribution in [3.63, 3.8) is 0 Å². The Hall–Kier alpha value is -4.15. The van der Waals surface area contributed by atoms with Crippen LogP contribution in [0, 0.1) is 5.92 Å². The summed E-state index contributed by atoms with van der Waals surface area (Å²) in [5.41, 5.74) is 7.05. The number of benzene rings is 1. The molecule has 18 heteroatoms. The maximum Gasteiger partial charge on any atom is 0.469 e. The molecular formula is C34H54N7O10P. The summed E-state index contributed by atoms with van der Waals surface area (Å²) < 4.78 is 15.7. The lowest BCUT2D eigenvalue weighted by molar-refractivity contribution is -0.135. The maximum absolute atomic E-state index is 13.5. The topological polar surface area (TPSA) is 275 Å². The largest absolute Gasteiger partial charge is 0.469 e. The number of imidazole rings is 1. The number of unbranched alkanes of at least 4 members (excludes halogenated alkanes) is 5. The third-order valence-corrected chi connectivity index (χ3v) is 8.73. The number of nitrogens with two attached hydrogens (primary N) is 1. The number of rotatable bonds is 25. The summed E-state index contributed by atoms with van der Waals surface area (Å²) in [5.74, 6) is -4.14. The molecule has 0 spiro atoms. The van der Waals surface area contributed by atoms with Crippen molar-refractivity contribution in [2.45, 2.75) is 115 Å². The number of aromatic nitrogens is 2. The number of carbonyl (C=O) groups excluding carboxylic acids is 5. The smallest absolute Gasteiger partial charge is 0.394 e. The lowest BCUT2D eigenvalue weighted by Gasteiger charge is -2.27. The van der Waals surface area contributed by atoms with E-state index >= 15 is 0 Å². The van der Waals surface area contributed by atoms with Crippen LogP contribution in [0.3, 0.4) is 0 Å². The second-order valence-electron chi connectivity index (χ2n) is 13.1. The zero-order valence-electron chi connectivity index (χ0n) is 30.0. The minimum Gasteiger partial charge on any atom is -0.394 e. The van der Waals surface area contributed by atoms with Crippen molar-refractivity contribution in [3.05, 3.63) is 54.1 Å². The van der Waals surface area contributed by atoms with Gasteiger partial charge in [0, 0.05) is 24.7 Å². The summed E-state index contributed by atoms with van der Waals surface area (Å²) in [5, 5.41) is 19.8. The van der Waals surface area contributed by atoms with E-state index in [1.54, 1.807) is 0 Å². The molecule has 0 bridgehead atoms. The van der Waals surface area contributed by atoms with Crippen molar-refractivity contribution in [2.75, 3.05) is 6.61 Å². The van der Waals surface area contributed by atoms with Gasteiger partial charge in [0.15, 0.2) is 0 Å². The van der Waals surface area contributed by atoms with Gasteiger partial charge in [-0.05, 0) is 44.1 Å². The first-order chi connectivity index (χ1) is 24.6. The number of H-pyrrole nitrogens is 1. The number of aliphatic hydroxyl groups is 1. The minimum atomic E-state index is -5.07. The Bertz CT molecular complexity index is 1460. The molecular weight excluding hydrogens is 697 g/mol. The molecule has 10 N–H and O–H groups in total. The summed E-state index contributed by atoms with van der Waals surface area (Å²) in [6.07, 6.45) is 8.50. The molecule has 2 rings (SSSR count). The second kappa shape index (κ2) is 22.7. The highest BCUT2D eigenvalue weighted by atomic mass is 31.2. The van der Waals surface area contributed by atoms with E-state index in [4.69, 9.17) is 15.5 Å². The molecule has 1 heterocycles. The van der Waals surface area contributed by atoms with E-state index in [-0.39, 0.29) is 31.1 Å². The molecule has 0 radical (unpaired) electrons. The zero-order chi connectivity index (χ0) is 38.7. The van der Waals surface area contributed by atoms with E-state index in [0.717, 1.165) is 45.4 Å². The molecule has 0 aliphatic heterocycles. The number of amides is 5. The summed E-state index contributed by atoms with van der Waals surface area (Å²) in [6, 6.07) is 4.64. The summed E-state index contributed by atoms with van der Waals surface area (Å²) >= 11 is 0. The van der Waals surface area contributed by atoms with Crippen LogP contribution in [-0.2, 0) is 45.9 Å². The minimum absolute atomic E-state index is 0.00410. The highest BCUT2D eigenvalue weighted by molar-refractivity contribution is 7.46. The van der Waals surface area contributed by atoms with Crippen molar-refractivity contribution in [1.29, 1.82) is 0 Å². The van der Waals surface area contributed by atoms with Gasteiger partial charge in [-0.3, -0.25) is 28.5 Å². The molecule has 17 nitrogen and oxygen atoms in total. The third kappa shape index (κ3) is 17.4. The van der Waals surface area contributed by atoms with E-state index in [9.17, 15) is 33.6 Å². The Morgan fingerprint density at radius 1 is 0.846 bits per heavy atom. The van der Waals surface area contributed by atoms with Crippen molar-refractivity contribution in [1.82, 2.24) is 31.2 Å². The Morgan fingerprint density at radius 3 is 2.02 bits per heavy atom. The average Bonchev–Trinajstić information content (AvgIpc) is 3.59. The lowest BCUT2D eigenvalue weighted by atomic mass is 10.0. The third-order valence-electron chi connectivity index (χ3n) is 8.13. The second-order valence-corrected chi connectivity index (χ2v) is 14.3. The molecule has 0 aliphatic rings. The molecule has 1 aromatic carbocycles. The predicted molar refractivity (Wildman–Crippen MR) is 191 cm³/mol. The standard InChI is InChI=1S/C34H54N7O10P/c1-22(2)17-26(38-29(43)16-12-7-5-4-6-9-13-24-14-10-8-11-15-24)32(45)39-27(18-25-19-36-21-37-25)33(46)40-28(20-42)34(47)41-30(31(35)44)23(3)51-52(48,49)50/h8,10-11,14-15,19,21-23,26-28,30,42H,4-7,9,12-13,16-18,20H2,1-3H3,(H2,35,44)(H,36,37)(H,38,43)(H,39,45)(H,40,46)(H,41,47)(H2,48,49,50)/t23-,26-,27-,28-,30-/m1/s1. The van der Waals surface area contributed by atoms with Crippen LogP contribution in [0.25, 0.3) is 0 Å². The molecule has 0 saturated carbocycles. The van der Waals surface area contributed by atoms with Gasteiger partial charge in [-0.1, -0.05) is 69.9 Å². The Kier molecular flexibility index (Phi) is 19.2. The normalized spacial score (nSPS) is 14.4. The van der Waals surface area contributed by atoms with E-state index in [1.807, 2.05) is 32.0 Å². The number of hydrogen-bond donors (Lipinski definition) is 9. The number of nitrogens with one attached hydrogen (secondary N) is 5. The van der Waals surface area contributed by atoms with Gasteiger partial charge in [-0.25, -0.2) is 9.55 Å². The number of hydrogen-bond acceptors (Lipinski definition) is 9. The lowest BCUT2D eigenvalue weighted by Crippen LogP contribution is -2.60. The Labute approximate surface area is 303 Å². The number of phosphoric ester groups is 1. The van der Waals surface area contributed by atoms with Crippen molar-refractivity contribution >= 4 is 37.4 Å². The monoisotopic (exact) mass is 751 g/mol. The van der Waals surface area contributed by atoms with Crippen LogP contribution in [0.4, 0.5) is 0 Å². The number of primary amides is 1. The molecule has 0 fully saturated rings. The SMILES string of the molecule is CC(C)C[C@@H](NC(=O)CCCCCCCCc1ccccc1)C(=O)N[C@H](Cc1cnc[nH]1)C(=O)N[C@H](CO)C(=O)N[C@@H](C(N)=O)[C@@H](C)OP(=O)(O)O.